The van der Waals surface area contributed by atoms with E-state index in [4.69, 9.17) is 64.2 Å². The molecule has 0 aromatic heterocycles. The van der Waals surface area contributed by atoms with E-state index in [0.717, 1.165) is 0 Å². The van der Waals surface area contributed by atoms with E-state index in [-0.39, 0.29) is 78.9 Å². The molecule has 0 saturated heterocycles. The Balaban J connectivity index is -0.0000000284. The Bertz CT molecular complexity index is 485. The van der Waals surface area contributed by atoms with Crippen LogP contribution < -0.4 is 33.5 Å². The molecule has 0 atom stereocenters. The summed E-state index contributed by atoms with van der Waals surface area (Å²) in [5.74, 6) is 0. The zero-order chi connectivity index (χ0) is 18.0. The Morgan fingerprint density at radius 1 is 0.391 bits per heavy atom. The molecular weight excluding hydrogens is 879 g/mol. The summed E-state index contributed by atoms with van der Waals surface area (Å²) >= 11 is -22.5. The second-order valence-electron chi connectivity index (χ2n) is 1.51. The van der Waals surface area contributed by atoms with Crippen molar-refractivity contribution in [1.82, 2.24) is 0 Å². The quantitative estimate of drug-likeness (QED) is 0.204. The first-order valence-corrected chi connectivity index (χ1v) is 10.2. The Kier molecular flexibility index (Phi) is 38.1. The van der Waals surface area contributed by atoms with Crippen molar-refractivity contribution in [1.29, 1.82) is 0 Å². The van der Waals surface area contributed by atoms with Crippen LogP contribution in [0.4, 0.5) is 0 Å². The minimum absolute atomic E-state index is 0. The molecule has 0 fully saturated rings. The van der Waals surface area contributed by atoms with Crippen LogP contribution in [0.1, 0.15) is 0 Å². The third-order valence-electron chi connectivity index (χ3n) is 0. The summed E-state index contributed by atoms with van der Waals surface area (Å²) in [7, 11) is 0. The van der Waals surface area contributed by atoms with Gasteiger partial charge in [-0.15, -0.1) is 0 Å². The predicted octanol–water partition coefficient (Wildman–Crippen LogP) is -10.9. The fourth-order valence-electron chi connectivity index (χ4n) is 0. The number of hydrogen-bond donors (Lipinski definition) is 0. The summed E-state index contributed by atoms with van der Waals surface area (Å²) in [6.45, 7) is 0. The van der Waals surface area contributed by atoms with Crippen LogP contribution in [0.25, 0.3) is 0 Å². The van der Waals surface area contributed by atoms with E-state index in [1.807, 2.05) is 0 Å². The molecule has 16 nitrogen and oxygen atoms in total. The van der Waals surface area contributed by atoms with E-state index >= 15 is 0 Å². The van der Waals surface area contributed by atoms with Crippen LogP contribution in [0.3, 0.4) is 0 Å². The van der Waals surface area contributed by atoms with Gasteiger partial charge < -0.3 is 0 Å². The molecule has 0 N–H and O–H groups in total. The fraction of sp³-hybridized carbons (Fsp3) is 0. The summed E-state index contributed by atoms with van der Waals surface area (Å²) in [4.78, 5) is 0. The number of rotatable bonds is 0. The number of hydrogen-bond acceptors (Lipinski definition) is 16. The van der Waals surface area contributed by atoms with Gasteiger partial charge in [-0.2, -0.15) is 0 Å². The first kappa shape index (κ1) is 44.9. The Labute approximate surface area is 193 Å². The van der Waals surface area contributed by atoms with Crippen molar-refractivity contribution in [2.24, 2.45) is 0 Å². The molecule has 0 amide bonds. The van der Waals surface area contributed by atoms with Crippen LogP contribution >= 0.6 is 0 Å². The molecule has 0 aliphatic rings. The predicted molar refractivity (Wildman–Crippen MR) is 11.2 cm³/mol. The van der Waals surface area contributed by atoms with Gasteiger partial charge in [0, 0.05) is 0 Å². The van der Waals surface area contributed by atoms with Crippen molar-refractivity contribution in [3.8, 4) is 0 Å². The van der Waals surface area contributed by atoms with Crippen molar-refractivity contribution in [2.75, 3.05) is 0 Å². The minimum atomic E-state index is -5.62. The monoisotopic (exact) mass is 879 g/mol. The molecule has 2 radical (unpaired) electrons. The Morgan fingerprint density at radius 2 is 0.391 bits per heavy atom. The van der Waals surface area contributed by atoms with Gasteiger partial charge in [-0.3, -0.25) is 0 Å². The Hall–Kier alpha value is 2.76. The summed E-state index contributed by atoms with van der Waals surface area (Å²) in [6, 6.07) is 0. The maximum atomic E-state index is 8.58. The van der Waals surface area contributed by atoms with Crippen LogP contribution in [0.15, 0.2) is 0 Å². The summed E-state index contributed by atoms with van der Waals surface area (Å²) in [6.07, 6.45) is 0. The summed E-state index contributed by atoms with van der Waals surface area (Å²) in [5, 5.41) is 0. The van der Waals surface area contributed by atoms with Crippen molar-refractivity contribution < 1.29 is 170 Å². The van der Waals surface area contributed by atoms with E-state index in [1.54, 1.807) is 0 Å². The normalized spacial score (nSPS) is 10.1. The summed E-state index contributed by atoms with van der Waals surface area (Å²) < 4.78 is 137. The van der Waals surface area contributed by atoms with Gasteiger partial charge in [0.1, 0.15) is 0 Å². The molecule has 0 bridgehead atoms. The Morgan fingerprint density at radius 3 is 0.391 bits per heavy atom. The second kappa shape index (κ2) is 19.5. The molecule has 0 aromatic carbocycles. The molecule has 0 rings (SSSR count). The third-order valence-corrected chi connectivity index (χ3v) is 0. The molecule has 0 saturated carbocycles. The van der Waals surface area contributed by atoms with Crippen LogP contribution in [0.5, 0.6) is 0 Å². The molecule has 23 heavy (non-hydrogen) atoms. The van der Waals surface area contributed by atoms with Crippen LogP contribution in [-0.4, -0.2) is 26.2 Å². The molecule has 23 heteroatoms. The van der Waals surface area contributed by atoms with E-state index < -0.39 is 53.5 Å². The average molecular weight is 879 g/mol. The van der Waals surface area contributed by atoms with Crippen LogP contribution in [0.2, 0.25) is 0 Å². The third kappa shape index (κ3) is 1690. The molecule has 0 heterocycles. The van der Waals surface area contributed by atoms with E-state index in [0.29, 0.717) is 0 Å². The first-order chi connectivity index (χ1) is 8.00. The van der Waals surface area contributed by atoms with E-state index in [2.05, 4.69) is 0 Å². The molecule has 0 aliphatic carbocycles. The maximum absolute atomic E-state index is 8.58. The molecule has 0 spiro atoms. The average Bonchev–Trinajstić information content (AvgIpc) is 1.62. The van der Waals surface area contributed by atoms with Crippen LogP contribution in [0, 0.1) is 35.6 Å². The first-order valence-electron chi connectivity index (χ1n) is 2.47. The van der Waals surface area contributed by atoms with Crippen molar-refractivity contribution in [3.05, 3.63) is 0 Å². The van der Waals surface area contributed by atoms with Gasteiger partial charge >= 0.3 is 197 Å². The van der Waals surface area contributed by atoms with Crippen molar-refractivity contribution in [3.63, 3.8) is 0 Å². The van der Waals surface area contributed by atoms with E-state index in [9.17, 15) is 0 Å². The molecule has 0 aliphatic heterocycles. The molecule has 140 valence electrons. The SMILES string of the molecule is [Bi+3].[Fe+2].[La+3].[O]=[Mn](=[O])([O-])[O-].[O]=[Mn](=[O])([O-])[O-].[O]=[Mn](=[O])([O-])[O-].[O]=[Mn](=[O])([O-])[O-]. The van der Waals surface area contributed by atoms with Gasteiger partial charge in [-0.25, -0.2) is 0 Å². The second-order valence-corrected chi connectivity index (χ2v) is 6.23. The molecule has 0 aromatic rings. The van der Waals surface area contributed by atoms with Gasteiger partial charge in [-0.05, 0) is 0 Å². The van der Waals surface area contributed by atoms with Crippen LogP contribution in [-0.2, 0) is 101 Å². The standard InChI is InChI=1S/Bi.Fe.La.4Mn.16O/q+3;+2;+3;;;;;;;;;;;;;8*-1. The van der Waals surface area contributed by atoms with Gasteiger partial charge in [0.15, 0.2) is 0 Å². The zero-order valence-electron chi connectivity index (χ0n) is 9.42. The van der Waals surface area contributed by atoms with E-state index in [1.165, 1.54) is 0 Å². The fourth-order valence-corrected chi connectivity index (χ4v) is 0. The van der Waals surface area contributed by atoms with Gasteiger partial charge in [-0.1, -0.05) is 0 Å². The van der Waals surface area contributed by atoms with Crippen molar-refractivity contribution >= 4 is 26.2 Å². The molecular formula is BiFeLaMn4O16. The van der Waals surface area contributed by atoms with Gasteiger partial charge in [0.2, 0.25) is 0 Å². The molecule has 0 unspecified atom stereocenters. The van der Waals surface area contributed by atoms with Gasteiger partial charge in [0.05, 0.1) is 0 Å². The van der Waals surface area contributed by atoms with Crippen molar-refractivity contribution in [2.45, 2.75) is 0 Å². The summed E-state index contributed by atoms with van der Waals surface area (Å²) in [5.41, 5.74) is 0. The topological polar surface area (TPSA) is 321 Å². The van der Waals surface area contributed by atoms with Gasteiger partial charge in [0.25, 0.3) is 0 Å². The zero-order valence-corrected chi connectivity index (χ0v) is 22.4.